The smallest absolute Gasteiger partial charge is 0.0560 e. The van der Waals surface area contributed by atoms with Crippen LogP contribution in [-0.4, -0.2) is 15.8 Å². The maximum Gasteiger partial charge on any atom is 0.0560 e. The van der Waals surface area contributed by atoms with Crippen LogP contribution in [0.25, 0.3) is 0 Å². The number of nitrogens with zero attached hydrogens (tertiary/aromatic N) is 2. The Labute approximate surface area is 113 Å². The molecule has 0 aliphatic heterocycles. The summed E-state index contributed by atoms with van der Waals surface area (Å²) in [5, 5.41) is 7.87. The summed E-state index contributed by atoms with van der Waals surface area (Å²) in [7, 11) is 0. The van der Waals surface area contributed by atoms with Crippen molar-refractivity contribution in [2.75, 3.05) is 0 Å². The normalized spacial score (nSPS) is 14.7. The number of nitrogens with one attached hydrogen (secondary N) is 1. The van der Waals surface area contributed by atoms with Gasteiger partial charge in [0, 0.05) is 34.2 Å². The summed E-state index contributed by atoms with van der Waals surface area (Å²) in [4.78, 5) is 2.80. The summed E-state index contributed by atoms with van der Waals surface area (Å²) in [5.74, 6) is 0. The lowest BCUT2D eigenvalue weighted by Crippen LogP contribution is -2.32. The quantitative estimate of drug-likeness (QED) is 0.897. The Kier molecular flexibility index (Phi) is 4.19. The largest absolute Gasteiger partial charge is 0.306 e. The molecule has 0 aliphatic rings. The van der Waals surface area contributed by atoms with Crippen LogP contribution in [0.15, 0.2) is 24.5 Å². The molecule has 1 N–H and O–H groups in total. The molecule has 0 saturated carbocycles. The van der Waals surface area contributed by atoms with Crippen LogP contribution in [0, 0.1) is 13.8 Å². The molecule has 0 radical (unpaired) electrons. The average Bonchev–Trinajstić information content (AvgIpc) is 2.88. The van der Waals surface area contributed by atoms with Crippen molar-refractivity contribution in [1.82, 2.24) is 15.1 Å². The van der Waals surface area contributed by atoms with Gasteiger partial charge in [-0.3, -0.25) is 4.68 Å². The third-order valence-electron chi connectivity index (χ3n) is 3.10. The number of hydrogen-bond acceptors (Lipinski definition) is 3. The van der Waals surface area contributed by atoms with Gasteiger partial charge in [-0.05, 0) is 45.4 Å². The molecule has 2 unspecified atom stereocenters. The number of thiophene rings is 1. The number of aryl methyl sites for hydroxylation is 2. The Morgan fingerprint density at radius 2 is 2.17 bits per heavy atom. The van der Waals surface area contributed by atoms with Crippen molar-refractivity contribution in [3.63, 3.8) is 0 Å². The highest BCUT2D eigenvalue weighted by Crippen LogP contribution is 2.26. The minimum atomic E-state index is 0.389. The monoisotopic (exact) mass is 263 g/mol. The Bertz CT molecular complexity index is 487. The van der Waals surface area contributed by atoms with Crippen LogP contribution in [-0.2, 0) is 6.54 Å². The fourth-order valence-electron chi connectivity index (χ4n) is 2.34. The second kappa shape index (κ2) is 5.67. The Hall–Kier alpha value is -1.13. The van der Waals surface area contributed by atoms with Crippen LogP contribution in [0.3, 0.4) is 0 Å². The van der Waals surface area contributed by atoms with Crippen molar-refractivity contribution in [1.29, 1.82) is 0 Å². The SMILES string of the molecule is Cc1cc(C(C)NC(C)Cn2cccn2)c(C)s1. The van der Waals surface area contributed by atoms with Gasteiger partial charge in [0.25, 0.3) is 0 Å². The molecule has 0 bridgehead atoms. The highest BCUT2D eigenvalue weighted by atomic mass is 32.1. The van der Waals surface area contributed by atoms with E-state index in [1.165, 1.54) is 15.3 Å². The number of rotatable bonds is 5. The number of aromatic nitrogens is 2. The second-order valence-electron chi connectivity index (χ2n) is 4.89. The highest BCUT2D eigenvalue weighted by molar-refractivity contribution is 7.12. The molecule has 0 amide bonds. The predicted molar refractivity (Wildman–Crippen MR) is 77.0 cm³/mol. The third kappa shape index (κ3) is 3.21. The Morgan fingerprint density at radius 1 is 1.39 bits per heavy atom. The Balaban J connectivity index is 1.94. The lowest BCUT2D eigenvalue weighted by molar-refractivity contribution is 0.413. The molecule has 0 spiro atoms. The lowest BCUT2D eigenvalue weighted by atomic mass is 10.1. The van der Waals surface area contributed by atoms with Crippen molar-refractivity contribution in [2.24, 2.45) is 0 Å². The Morgan fingerprint density at radius 3 is 2.72 bits per heavy atom. The van der Waals surface area contributed by atoms with E-state index in [4.69, 9.17) is 0 Å². The van der Waals surface area contributed by atoms with Crippen LogP contribution in [0.1, 0.15) is 35.2 Å². The van der Waals surface area contributed by atoms with E-state index in [-0.39, 0.29) is 0 Å². The summed E-state index contributed by atoms with van der Waals surface area (Å²) in [5.41, 5.74) is 1.42. The molecule has 0 aliphatic carbocycles. The van der Waals surface area contributed by atoms with Gasteiger partial charge in [-0.2, -0.15) is 5.10 Å². The van der Waals surface area contributed by atoms with Crippen LogP contribution in [0.5, 0.6) is 0 Å². The molecule has 2 rings (SSSR count). The minimum absolute atomic E-state index is 0.389. The van der Waals surface area contributed by atoms with Crippen molar-refractivity contribution in [3.05, 3.63) is 39.8 Å². The van der Waals surface area contributed by atoms with E-state index >= 15 is 0 Å². The standard InChI is InChI=1S/C14H21N3S/c1-10(9-17-7-5-6-15-17)16-12(3)14-8-11(2)18-13(14)4/h5-8,10,12,16H,9H2,1-4H3. The zero-order valence-electron chi connectivity index (χ0n) is 11.5. The van der Waals surface area contributed by atoms with E-state index in [1.807, 2.05) is 34.5 Å². The van der Waals surface area contributed by atoms with E-state index < -0.39 is 0 Å². The fourth-order valence-corrected chi connectivity index (χ4v) is 3.36. The molecule has 3 nitrogen and oxygen atoms in total. The zero-order chi connectivity index (χ0) is 13.1. The van der Waals surface area contributed by atoms with E-state index in [9.17, 15) is 0 Å². The number of hydrogen-bond donors (Lipinski definition) is 1. The molecule has 0 saturated heterocycles. The fraction of sp³-hybridized carbons (Fsp3) is 0.500. The van der Waals surface area contributed by atoms with Crippen molar-refractivity contribution in [3.8, 4) is 0 Å². The topological polar surface area (TPSA) is 29.9 Å². The van der Waals surface area contributed by atoms with E-state index in [0.717, 1.165) is 6.54 Å². The lowest BCUT2D eigenvalue weighted by Gasteiger charge is -2.20. The first-order chi connectivity index (χ1) is 8.56. The summed E-state index contributed by atoms with van der Waals surface area (Å²) < 4.78 is 1.97. The molecule has 2 aromatic rings. The average molecular weight is 263 g/mol. The summed E-state index contributed by atoms with van der Waals surface area (Å²) in [6.07, 6.45) is 3.82. The third-order valence-corrected chi connectivity index (χ3v) is 4.08. The summed E-state index contributed by atoms with van der Waals surface area (Å²) in [6, 6.07) is 5.04. The van der Waals surface area contributed by atoms with Crippen LogP contribution < -0.4 is 5.32 Å². The molecule has 4 heteroatoms. The highest BCUT2D eigenvalue weighted by Gasteiger charge is 2.13. The van der Waals surface area contributed by atoms with Crippen molar-refractivity contribution in [2.45, 2.75) is 46.3 Å². The maximum atomic E-state index is 4.24. The van der Waals surface area contributed by atoms with Crippen molar-refractivity contribution >= 4 is 11.3 Å². The first-order valence-corrected chi connectivity index (χ1v) is 7.18. The maximum absolute atomic E-state index is 4.24. The van der Waals surface area contributed by atoms with E-state index in [1.54, 1.807) is 0 Å². The van der Waals surface area contributed by atoms with Gasteiger partial charge in [-0.25, -0.2) is 0 Å². The van der Waals surface area contributed by atoms with Gasteiger partial charge in [0.2, 0.25) is 0 Å². The zero-order valence-corrected chi connectivity index (χ0v) is 12.3. The van der Waals surface area contributed by atoms with Crippen LogP contribution >= 0.6 is 11.3 Å². The molecule has 0 fully saturated rings. The molecule has 0 aromatic carbocycles. The molecule has 98 valence electrons. The molecule has 2 aromatic heterocycles. The van der Waals surface area contributed by atoms with Crippen molar-refractivity contribution < 1.29 is 0 Å². The second-order valence-corrected chi connectivity index (χ2v) is 6.35. The first kappa shape index (κ1) is 13.3. The molecule has 2 atom stereocenters. The summed E-state index contributed by atoms with van der Waals surface area (Å²) in [6.45, 7) is 9.70. The van der Waals surface area contributed by atoms with Gasteiger partial charge >= 0.3 is 0 Å². The van der Waals surface area contributed by atoms with E-state index in [2.05, 4.69) is 44.2 Å². The van der Waals surface area contributed by atoms with Gasteiger partial charge in [0.05, 0.1) is 6.54 Å². The molecular weight excluding hydrogens is 242 g/mol. The molecular formula is C14H21N3S. The summed E-state index contributed by atoms with van der Waals surface area (Å²) >= 11 is 1.87. The first-order valence-electron chi connectivity index (χ1n) is 6.36. The van der Waals surface area contributed by atoms with Crippen LogP contribution in [0.2, 0.25) is 0 Å². The minimum Gasteiger partial charge on any atom is -0.306 e. The van der Waals surface area contributed by atoms with Gasteiger partial charge < -0.3 is 5.32 Å². The molecule has 2 heterocycles. The van der Waals surface area contributed by atoms with Gasteiger partial charge in [-0.15, -0.1) is 11.3 Å². The predicted octanol–water partition coefficient (Wildman–Crippen LogP) is 3.30. The molecule has 18 heavy (non-hydrogen) atoms. The van der Waals surface area contributed by atoms with Crippen LogP contribution in [0.4, 0.5) is 0 Å². The van der Waals surface area contributed by atoms with Gasteiger partial charge in [0.15, 0.2) is 0 Å². The van der Waals surface area contributed by atoms with Gasteiger partial charge in [-0.1, -0.05) is 0 Å². The van der Waals surface area contributed by atoms with E-state index in [0.29, 0.717) is 12.1 Å². The van der Waals surface area contributed by atoms with Gasteiger partial charge in [0.1, 0.15) is 0 Å².